The molecule has 0 aliphatic heterocycles. The molecule has 6 nitrogen and oxygen atoms in total. The molecule has 2 heterocycles. The molecule has 0 aromatic carbocycles. The Kier molecular flexibility index (Phi) is 9.00. The van der Waals surface area contributed by atoms with Crippen LogP contribution >= 0.6 is 24.0 Å². The van der Waals surface area contributed by atoms with Gasteiger partial charge in [0.05, 0.1) is 18.5 Å². The molecule has 0 atom stereocenters. The average molecular weight is 471 g/mol. The minimum absolute atomic E-state index is 0. The molecule has 144 valence electrons. The van der Waals surface area contributed by atoms with E-state index in [1.165, 1.54) is 32.1 Å². The number of hydrogen-bond acceptors (Lipinski definition) is 3. The van der Waals surface area contributed by atoms with Crippen molar-refractivity contribution in [3.05, 3.63) is 42.1 Å². The van der Waals surface area contributed by atoms with E-state index in [0.717, 1.165) is 42.8 Å². The zero-order chi connectivity index (χ0) is 17.3. The highest BCUT2D eigenvalue weighted by atomic mass is 127. The molecular weight excluding hydrogens is 441 g/mol. The first-order valence-electron chi connectivity index (χ1n) is 9.32. The smallest absolute Gasteiger partial charge is 0.191 e. The minimum atomic E-state index is 0. The highest BCUT2D eigenvalue weighted by molar-refractivity contribution is 14.0. The quantitative estimate of drug-likeness (QED) is 0.369. The van der Waals surface area contributed by atoms with Gasteiger partial charge >= 0.3 is 0 Å². The molecular formula is C19H30IN5O. The summed E-state index contributed by atoms with van der Waals surface area (Å²) in [6, 6.07) is 5.93. The Hall–Kier alpha value is -1.51. The first-order chi connectivity index (χ1) is 12.3. The van der Waals surface area contributed by atoms with Gasteiger partial charge in [-0.15, -0.1) is 24.0 Å². The van der Waals surface area contributed by atoms with Crippen molar-refractivity contribution in [1.29, 1.82) is 0 Å². The molecule has 3 rings (SSSR count). The molecule has 1 fully saturated rings. The van der Waals surface area contributed by atoms with Gasteiger partial charge in [-0.05, 0) is 37.0 Å². The fourth-order valence-electron chi connectivity index (χ4n) is 3.28. The number of nitrogens with one attached hydrogen (secondary N) is 2. The van der Waals surface area contributed by atoms with E-state index in [0.29, 0.717) is 6.54 Å². The number of aromatic nitrogens is 2. The summed E-state index contributed by atoms with van der Waals surface area (Å²) in [5, 5.41) is 11.2. The Bertz CT molecular complexity index is 647. The van der Waals surface area contributed by atoms with Crippen LogP contribution in [0.25, 0.3) is 0 Å². The van der Waals surface area contributed by atoms with Crippen LogP contribution in [0.15, 0.2) is 40.1 Å². The fraction of sp³-hybridized carbons (Fsp3) is 0.579. The molecule has 1 saturated carbocycles. The van der Waals surface area contributed by atoms with Crippen molar-refractivity contribution >= 4 is 29.9 Å². The molecule has 1 aliphatic rings. The first-order valence-corrected chi connectivity index (χ1v) is 9.32. The summed E-state index contributed by atoms with van der Waals surface area (Å²) in [6.45, 7) is 2.42. The lowest BCUT2D eigenvalue weighted by molar-refractivity contribution is 0.355. The van der Waals surface area contributed by atoms with Crippen LogP contribution in [0.5, 0.6) is 0 Å². The number of furan rings is 1. The Morgan fingerprint density at radius 1 is 1.27 bits per heavy atom. The highest BCUT2D eigenvalue weighted by Crippen LogP contribution is 2.22. The van der Waals surface area contributed by atoms with Crippen molar-refractivity contribution in [1.82, 2.24) is 20.4 Å². The maximum Gasteiger partial charge on any atom is 0.191 e. The van der Waals surface area contributed by atoms with Gasteiger partial charge in [0.25, 0.3) is 0 Å². The normalized spacial score (nSPS) is 15.5. The molecule has 2 N–H and O–H groups in total. The molecule has 2 aromatic heterocycles. The third kappa shape index (κ3) is 6.66. The van der Waals surface area contributed by atoms with Gasteiger partial charge in [-0.25, -0.2) is 4.99 Å². The van der Waals surface area contributed by atoms with Crippen molar-refractivity contribution in [2.45, 2.75) is 45.1 Å². The number of rotatable bonds is 7. The van der Waals surface area contributed by atoms with E-state index in [4.69, 9.17) is 9.41 Å². The van der Waals surface area contributed by atoms with Gasteiger partial charge in [-0.3, -0.25) is 4.68 Å². The van der Waals surface area contributed by atoms with Crippen LogP contribution in [0.1, 0.15) is 43.6 Å². The lowest BCUT2D eigenvalue weighted by Crippen LogP contribution is -2.41. The maximum atomic E-state index is 5.39. The summed E-state index contributed by atoms with van der Waals surface area (Å²) in [5.41, 5.74) is 1.10. The number of halogens is 1. The van der Waals surface area contributed by atoms with Crippen LogP contribution in [0, 0.1) is 5.92 Å². The first kappa shape index (κ1) is 20.8. The zero-order valence-corrected chi connectivity index (χ0v) is 17.8. The van der Waals surface area contributed by atoms with Gasteiger partial charge < -0.3 is 15.1 Å². The van der Waals surface area contributed by atoms with Crippen molar-refractivity contribution in [2.75, 3.05) is 13.1 Å². The molecule has 0 radical (unpaired) electrons. The van der Waals surface area contributed by atoms with Crippen molar-refractivity contribution in [2.24, 2.45) is 18.0 Å². The predicted octanol–water partition coefficient (Wildman–Crippen LogP) is 3.49. The fourth-order valence-corrected chi connectivity index (χ4v) is 3.28. The third-order valence-electron chi connectivity index (χ3n) is 4.85. The van der Waals surface area contributed by atoms with E-state index >= 15 is 0 Å². The summed E-state index contributed by atoms with van der Waals surface area (Å²) in [6.07, 6.45) is 11.1. The summed E-state index contributed by atoms with van der Waals surface area (Å²) in [4.78, 5) is 4.73. The molecule has 0 bridgehead atoms. The van der Waals surface area contributed by atoms with Crippen molar-refractivity contribution in [3.63, 3.8) is 0 Å². The Morgan fingerprint density at radius 3 is 2.81 bits per heavy atom. The molecule has 7 heteroatoms. The number of aryl methyl sites for hydroxylation is 1. The van der Waals surface area contributed by atoms with Crippen LogP contribution in [0.4, 0.5) is 0 Å². The third-order valence-corrected chi connectivity index (χ3v) is 4.85. The lowest BCUT2D eigenvalue weighted by atomic mass is 9.89. The molecule has 0 saturated heterocycles. The molecule has 1 aliphatic carbocycles. The Balaban J connectivity index is 0.00000243. The number of aliphatic imine (C=N–C) groups is 1. The molecule has 2 aromatic rings. The topological polar surface area (TPSA) is 67.4 Å². The van der Waals surface area contributed by atoms with Crippen LogP contribution in [-0.2, 0) is 20.0 Å². The van der Waals surface area contributed by atoms with E-state index < -0.39 is 0 Å². The predicted molar refractivity (Wildman–Crippen MR) is 115 cm³/mol. The van der Waals surface area contributed by atoms with Gasteiger partial charge in [0.15, 0.2) is 5.96 Å². The molecule has 0 amide bonds. The van der Waals surface area contributed by atoms with Crippen LogP contribution < -0.4 is 10.6 Å². The van der Waals surface area contributed by atoms with Crippen molar-refractivity contribution in [3.8, 4) is 0 Å². The zero-order valence-electron chi connectivity index (χ0n) is 15.5. The average Bonchev–Trinajstić information content (AvgIpc) is 3.29. The van der Waals surface area contributed by atoms with E-state index in [-0.39, 0.29) is 24.0 Å². The van der Waals surface area contributed by atoms with Gasteiger partial charge in [-0.1, -0.05) is 19.3 Å². The van der Waals surface area contributed by atoms with Crippen LogP contribution in [-0.4, -0.2) is 28.8 Å². The number of hydrogen-bond donors (Lipinski definition) is 2. The van der Waals surface area contributed by atoms with Crippen LogP contribution in [0.3, 0.4) is 0 Å². The number of guanidine groups is 1. The van der Waals surface area contributed by atoms with Crippen molar-refractivity contribution < 1.29 is 4.42 Å². The second-order valence-corrected chi connectivity index (χ2v) is 6.75. The van der Waals surface area contributed by atoms with E-state index in [1.54, 1.807) is 6.26 Å². The van der Waals surface area contributed by atoms with E-state index in [2.05, 4.69) is 15.7 Å². The lowest BCUT2D eigenvalue weighted by Gasteiger charge is -2.23. The van der Waals surface area contributed by atoms with E-state index in [1.807, 2.05) is 36.1 Å². The molecule has 0 spiro atoms. The van der Waals surface area contributed by atoms with Crippen LogP contribution in [0.2, 0.25) is 0 Å². The number of nitrogens with zero attached hydrogens (tertiary/aromatic N) is 3. The SMILES string of the molecule is Cn1nccc1CN=C(NCCc1ccco1)NCC1CCCCC1.I. The second kappa shape index (κ2) is 11.3. The largest absolute Gasteiger partial charge is 0.469 e. The second-order valence-electron chi connectivity index (χ2n) is 6.75. The Morgan fingerprint density at radius 2 is 2.12 bits per heavy atom. The summed E-state index contributed by atoms with van der Waals surface area (Å²) in [5.74, 6) is 2.63. The highest BCUT2D eigenvalue weighted by Gasteiger charge is 2.13. The van der Waals surface area contributed by atoms with Gasteiger partial charge in [0.1, 0.15) is 5.76 Å². The maximum absolute atomic E-state index is 5.39. The molecule has 0 unspecified atom stereocenters. The van der Waals surface area contributed by atoms with E-state index in [9.17, 15) is 0 Å². The standard InChI is InChI=1S/C19H29N5O.HI/c1-24-17(9-12-23-24)15-22-19(20-11-10-18-8-5-13-25-18)21-14-16-6-3-2-4-7-16;/h5,8-9,12-13,16H,2-4,6-7,10-11,14-15H2,1H3,(H2,20,21,22);1H. The van der Waals surface area contributed by atoms with Gasteiger partial charge in [0.2, 0.25) is 0 Å². The summed E-state index contributed by atoms with van der Waals surface area (Å²) >= 11 is 0. The minimum Gasteiger partial charge on any atom is -0.469 e. The van der Waals surface area contributed by atoms with Gasteiger partial charge in [-0.2, -0.15) is 5.10 Å². The molecule has 26 heavy (non-hydrogen) atoms. The monoisotopic (exact) mass is 471 g/mol. The van der Waals surface area contributed by atoms with Gasteiger partial charge in [0, 0.05) is 32.8 Å². The summed E-state index contributed by atoms with van der Waals surface area (Å²) in [7, 11) is 1.95. The Labute approximate surface area is 172 Å². The summed E-state index contributed by atoms with van der Waals surface area (Å²) < 4.78 is 7.26.